The number of anilines is 1. The molecule has 0 bridgehead atoms. The molecule has 1 fully saturated rings. The van der Waals surface area contributed by atoms with Gasteiger partial charge in [0.05, 0.1) is 10.6 Å². The van der Waals surface area contributed by atoms with Gasteiger partial charge >= 0.3 is 0 Å². The van der Waals surface area contributed by atoms with Crippen molar-refractivity contribution in [2.45, 2.75) is 30.6 Å². The predicted octanol–water partition coefficient (Wildman–Crippen LogP) is 3.88. The fourth-order valence-corrected chi connectivity index (χ4v) is 5.71. The second-order valence-corrected chi connectivity index (χ2v) is 10.9. The molecule has 3 heterocycles. The Morgan fingerprint density at radius 2 is 1.74 bits per heavy atom. The lowest BCUT2D eigenvalue weighted by atomic mass is 9.96. The van der Waals surface area contributed by atoms with Gasteiger partial charge in [-0.05, 0) is 68.3 Å². The van der Waals surface area contributed by atoms with E-state index >= 15 is 0 Å². The molecule has 1 aliphatic heterocycles. The summed E-state index contributed by atoms with van der Waals surface area (Å²) in [6, 6.07) is 19.3. The third kappa shape index (κ3) is 4.39. The van der Waals surface area contributed by atoms with E-state index in [9.17, 15) is 13.2 Å². The van der Waals surface area contributed by atoms with Gasteiger partial charge in [-0.3, -0.25) is 13.5 Å². The van der Waals surface area contributed by atoms with Gasteiger partial charge in [0.2, 0.25) is 0 Å². The van der Waals surface area contributed by atoms with Gasteiger partial charge in [-0.25, -0.2) is 8.42 Å². The average Bonchev–Trinajstić information content (AvgIpc) is 3.32. The third-order valence-electron chi connectivity index (χ3n) is 6.57. The molecule has 0 spiro atoms. The lowest BCUT2D eigenvalue weighted by Crippen LogP contribution is -2.39. The molecule has 8 nitrogen and oxygen atoms in total. The standard InChI is InChI=1S/C26H27N5O3S/c1-19-8-14-23(15-9-19)35(33,34)29(2)22-12-10-20(11-13-22)26(32)30-16-5-6-21(18-30)25-28-27-24-7-3-4-17-31(24)25/h3-4,7-15,17,21H,5-6,16,18H2,1-2H3. The average molecular weight is 490 g/mol. The Balaban J connectivity index is 1.31. The molecule has 35 heavy (non-hydrogen) atoms. The van der Waals surface area contributed by atoms with Gasteiger partial charge in [-0.2, -0.15) is 0 Å². The number of piperidine rings is 1. The first kappa shape index (κ1) is 23.0. The molecule has 180 valence electrons. The van der Waals surface area contributed by atoms with Crippen LogP contribution in [0.25, 0.3) is 5.65 Å². The lowest BCUT2D eigenvalue weighted by molar-refractivity contribution is 0.0704. The van der Waals surface area contributed by atoms with Gasteiger partial charge in [-0.15, -0.1) is 10.2 Å². The fourth-order valence-electron chi connectivity index (χ4n) is 4.51. The molecule has 0 aliphatic carbocycles. The number of aromatic nitrogens is 3. The maximum Gasteiger partial charge on any atom is 0.264 e. The van der Waals surface area contributed by atoms with Crippen molar-refractivity contribution in [2.75, 3.05) is 24.4 Å². The van der Waals surface area contributed by atoms with E-state index in [1.807, 2.05) is 40.6 Å². The first-order valence-electron chi connectivity index (χ1n) is 11.6. The predicted molar refractivity (Wildman–Crippen MR) is 134 cm³/mol. The van der Waals surface area contributed by atoms with Crippen LogP contribution in [-0.4, -0.2) is 54.0 Å². The van der Waals surface area contributed by atoms with Crippen molar-refractivity contribution in [1.29, 1.82) is 0 Å². The zero-order valence-electron chi connectivity index (χ0n) is 19.7. The summed E-state index contributed by atoms with van der Waals surface area (Å²) >= 11 is 0. The topological polar surface area (TPSA) is 87.9 Å². The van der Waals surface area contributed by atoms with E-state index in [2.05, 4.69) is 10.2 Å². The molecule has 1 atom stereocenters. The number of carbonyl (C=O) groups excluding carboxylic acids is 1. The third-order valence-corrected chi connectivity index (χ3v) is 8.37. The minimum Gasteiger partial charge on any atom is -0.338 e. The van der Waals surface area contributed by atoms with E-state index in [0.29, 0.717) is 24.3 Å². The minimum atomic E-state index is -3.69. The number of hydrogen-bond acceptors (Lipinski definition) is 5. The Labute approximate surface area is 204 Å². The number of carbonyl (C=O) groups is 1. The van der Waals surface area contributed by atoms with Crippen LogP contribution in [0.5, 0.6) is 0 Å². The van der Waals surface area contributed by atoms with Crippen molar-refractivity contribution in [3.8, 4) is 0 Å². The molecule has 5 rings (SSSR count). The molecule has 0 N–H and O–H groups in total. The first-order valence-corrected chi connectivity index (χ1v) is 13.0. The summed E-state index contributed by atoms with van der Waals surface area (Å²) in [5.74, 6) is 0.908. The monoisotopic (exact) mass is 489 g/mol. The Bertz CT molecular complexity index is 1460. The van der Waals surface area contributed by atoms with Crippen LogP contribution in [0.15, 0.2) is 77.8 Å². The summed E-state index contributed by atoms with van der Waals surface area (Å²) in [6.07, 6.45) is 3.78. The molecule has 1 saturated heterocycles. The van der Waals surface area contributed by atoms with Gasteiger partial charge < -0.3 is 4.90 Å². The Morgan fingerprint density at radius 3 is 2.49 bits per heavy atom. The van der Waals surface area contributed by atoms with Crippen molar-refractivity contribution >= 4 is 27.3 Å². The molecule has 4 aromatic rings. The van der Waals surface area contributed by atoms with Gasteiger partial charge in [0, 0.05) is 37.8 Å². The molecular formula is C26H27N5O3S. The van der Waals surface area contributed by atoms with Crippen LogP contribution in [0.2, 0.25) is 0 Å². The molecule has 0 saturated carbocycles. The largest absolute Gasteiger partial charge is 0.338 e. The number of benzene rings is 2. The highest BCUT2D eigenvalue weighted by Gasteiger charge is 2.29. The summed E-state index contributed by atoms with van der Waals surface area (Å²) in [6.45, 7) is 3.15. The number of hydrogen-bond donors (Lipinski definition) is 0. The van der Waals surface area contributed by atoms with Crippen LogP contribution < -0.4 is 4.31 Å². The molecule has 2 aromatic carbocycles. The summed E-state index contributed by atoms with van der Waals surface area (Å²) in [7, 11) is -2.17. The number of likely N-dealkylation sites (tertiary alicyclic amines) is 1. The highest BCUT2D eigenvalue weighted by atomic mass is 32.2. The number of amides is 1. The van der Waals surface area contributed by atoms with Crippen LogP contribution in [0.3, 0.4) is 0 Å². The number of rotatable bonds is 5. The van der Waals surface area contributed by atoms with Crippen molar-refractivity contribution in [3.05, 3.63) is 89.9 Å². The number of pyridine rings is 1. The Kier molecular flexibility index (Phi) is 6.02. The van der Waals surface area contributed by atoms with Crippen molar-refractivity contribution in [3.63, 3.8) is 0 Å². The van der Waals surface area contributed by atoms with E-state index in [4.69, 9.17) is 0 Å². The summed E-state index contributed by atoms with van der Waals surface area (Å²) < 4.78 is 29.2. The van der Waals surface area contributed by atoms with E-state index in [-0.39, 0.29) is 16.7 Å². The lowest BCUT2D eigenvalue weighted by Gasteiger charge is -2.32. The molecule has 1 amide bonds. The van der Waals surface area contributed by atoms with Gasteiger partial charge in [0.1, 0.15) is 5.82 Å². The second kappa shape index (κ2) is 9.14. The first-order chi connectivity index (χ1) is 16.8. The van der Waals surface area contributed by atoms with Crippen molar-refractivity contribution in [2.24, 2.45) is 0 Å². The SMILES string of the molecule is Cc1ccc(S(=O)(=O)N(C)c2ccc(C(=O)N3CCCC(c4nnc5ccccn45)C3)cc2)cc1. The maximum atomic E-state index is 13.3. The second-order valence-electron chi connectivity index (χ2n) is 8.91. The van der Waals surface area contributed by atoms with Gasteiger partial charge in [-0.1, -0.05) is 23.8 Å². The number of sulfonamides is 1. The smallest absolute Gasteiger partial charge is 0.264 e. The highest BCUT2D eigenvalue weighted by Crippen LogP contribution is 2.28. The summed E-state index contributed by atoms with van der Waals surface area (Å²) in [5.41, 5.74) is 2.81. The number of nitrogens with zero attached hydrogens (tertiary/aromatic N) is 5. The normalized spacial score (nSPS) is 16.4. The highest BCUT2D eigenvalue weighted by molar-refractivity contribution is 7.92. The molecule has 1 unspecified atom stereocenters. The fraction of sp³-hybridized carbons (Fsp3) is 0.269. The van der Waals surface area contributed by atoms with Gasteiger partial charge in [0.15, 0.2) is 5.65 Å². The zero-order chi connectivity index (χ0) is 24.6. The Morgan fingerprint density at radius 1 is 1.00 bits per heavy atom. The van der Waals surface area contributed by atoms with Crippen LogP contribution >= 0.6 is 0 Å². The van der Waals surface area contributed by atoms with E-state index in [1.165, 1.54) is 11.4 Å². The van der Waals surface area contributed by atoms with Crippen LogP contribution in [0, 0.1) is 6.92 Å². The van der Waals surface area contributed by atoms with Crippen molar-refractivity contribution in [1.82, 2.24) is 19.5 Å². The maximum absolute atomic E-state index is 13.3. The molecule has 1 aliphatic rings. The summed E-state index contributed by atoms with van der Waals surface area (Å²) in [4.78, 5) is 15.3. The quantitative estimate of drug-likeness (QED) is 0.425. The minimum absolute atomic E-state index is 0.0703. The van der Waals surface area contributed by atoms with Crippen LogP contribution in [0.4, 0.5) is 5.69 Å². The summed E-state index contributed by atoms with van der Waals surface area (Å²) in [5, 5.41) is 8.63. The van der Waals surface area contributed by atoms with Crippen LogP contribution in [0.1, 0.15) is 40.5 Å². The van der Waals surface area contributed by atoms with Crippen LogP contribution in [-0.2, 0) is 10.0 Å². The zero-order valence-corrected chi connectivity index (χ0v) is 20.5. The number of fused-ring (bicyclic) bond motifs is 1. The van der Waals surface area contributed by atoms with E-state index < -0.39 is 10.0 Å². The Hall–Kier alpha value is -3.72. The van der Waals surface area contributed by atoms with Gasteiger partial charge in [0.25, 0.3) is 15.9 Å². The molecule has 9 heteroatoms. The van der Waals surface area contributed by atoms with E-state index in [1.54, 1.807) is 48.5 Å². The molecule has 2 aromatic heterocycles. The molecule has 0 radical (unpaired) electrons. The van der Waals surface area contributed by atoms with E-state index in [0.717, 1.165) is 29.9 Å². The number of aryl methyl sites for hydroxylation is 1. The molecular weight excluding hydrogens is 462 g/mol. The van der Waals surface area contributed by atoms with Crippen molar-refractivity contribution < 1.29 is 13.2 Å².